The van der Waals surface area contributed by atoms with E-state index in [1.54, 1.807) is 0 Å². The summed E-state index contributed by atoms with van der Waals surface area (Å²) < 4.78 is 4.67. The normalized spacial score (nSPS) is 10.0. The number of methoxy groups -OCH3 is 1. The molecule has 0 aromatic carbocycles. The third kappa shape index (κ3) is 9.50. The van der Waals surface area contributed by atoms with E-state index in [1.807, 2.05) is 0 Å². The molecule has 0 rings (SSSR count). The first-order chi connectivity index (χ1) is 6.16. The number of ether oxygens (including phenoxy) is 1. The fourth-order valence-corrected chi connectivity index (χ4v) is 1.13. The molecule has 0 radical (unpaired) electrons. The number of halogens is 1. The van der Waals surface area contributed by atoms with E-state index < -0.39 is 0 Å². The number of rotatable bonds is 8. The number of hydrogen-bond donors (Lipinski definition) is 0. The molecule has 0 saturated carbocycles. The Morgan fingerprint density at radius 1 is 1.15 bits per heavy atom. The second kappa shape index (κ2) is 8.20. The average molecular weight is 207 g/mol. The van der Waals surface area contributed by atoms with Crippen LogP contribution < -0.4 is 0 Å². The molecule has 0 bridgehead atoms. The first-order valence-electron chi connectivity index (χ1n) is 4.35. The summed E-state index contributed by atoms with van der Waals surface area (Å²) in [7, 11) is 1.50. The van der Waals surface area contributed by atoms with Gasteiger partial charge in [-0.15, -0.1) is 0 Å². The largest absolute Gasteiger partial charge is 0.377 e. The van der Waals surface area contributed by atoms with Gasteiger partial charge in [0.05, 0.1) is 0 Å². The summed E-state index contributed by atoms with van der Waals surface area (Å²) in [6.45, 7) is 0.189. The van der Waals surface area contributed by atoms with Crippen molar-refractivity contribution in [3.8, 4) is 0 Å². The van der Waals surface area contributed by atoms with Crippen LogP contribution >= 0.6 is 11.6 Å². The molecule has 0 aliphatic carbocycles. The van der Waals surface area contributed by atoms with Crippen molar-refractivity contribution in [3.05, 3.63) is 0 Å². The van der Waals surface area contributed by atoms with E-state index in [2.05, 4.69) is 4.74 Å². The van der Waals surface area contributed by atoms with Crippen molar-refractivity contribution < 1.29 is 14.3 Å². The van der Waals surface area contributed by atoms with Crippen molar-refractivity contribution in [3.63, 3.8) is 0 Å². The van der Waals surface area contributed by atoms with Crippen LogP contribution in [-0.2, 0) is 14.3 Å². The van der Waals surface area contributed by atoms with Crippen molar-refractivity contribution in [2.45, 2.75) is 32.1 Å². The Morgan fingerprint density at radius 3 is 2.31 bits per heavy atom. The summed E-state index contributed by atoms with van der Waals surface area (Å²) in [4.78, 5) is 21.2. The molecule has 0 aliphatic rings. The van der Waals surface area contributed by atoms with Gasteiger partial charge < -0.3 is 4.74 Å². The Kier molecular flexibility index (Phi) is 7.94. The summed E-state index contributed by atoms with van der Waals surface area (Å²) >= 11 is 5.14. The van der Waals surface area contributed by atoms with Crippen molar-refractivity contribution in [1.82, 2.24) is 0 Å². The van der Waals surface area contributed by atoms with Gasteiger partial charge in [-0.25, -0.2) is 0 Å². The SMILES string of the molecule is COCC(=O)CCCCCC(=O)Cl. The minimum absolute atomic E-state index is 0.111. The maximum Gasteiger partial charge on any atom is 0.221 e. The number of Topliss-reactive ketones (excluding diaryl/α,β-unsaturated/α-hetero) is 1. The molecule has 0 aromatic heterocycles. The molecule has 76 valence electrons. The molecule has 3 nitrogen and oxygen atoms in total. The van der Waals surface area contributed by atoms with E-state index in [9.17, 15) is 9.59 Å². The number of ketones is 1. The Labute approximate surface area is 83.4 Å². The van der Waals surface area contributed by atoms with E-state index in [1.165, 1.54) is 7.11 Å². The van der Waals surface area contributed by atoms with E-state index in [4.69, 9.17) is 11.6 Å². The van der Waals surface area contributed by atoms with Crippen LogP contribution in [0.1, 0.15) is 32.1 Å². The summed E-state index contributed by atoms with van der Waals surface area (Å²) in [6.07, 6.45) is 3.38. The number of hydrogen-bond acceptors (Lipinski definition) is 3. The molecule has 0 saturated heterocycles. The van der Waals surface area contributed by atoms with Gasteiger partial charge in [0.1, 0.15) is 6.61 Å². The first-order valence-corrected chi connectivity index (χ1v) is 4.73. The summed E-state index contributed by atoms with van der Waals surface area (Å²) in [6, 6.07) is 0. The molecule has 0 atom stereocenters. The molecule has 0 unspecified atom stereocenters. The summed E-state index contributed by atoms with van der Waals surface area (Å²) in [5.41, 5.74) is 0. The lowest BCUT2D eigenvalue weighted by molar-refractivity contribution is -0.122. The van der Waals surface area contributed by atoms with Gasteiger partial charge in [-0.2, -0.15) is 0 Å². The lowest BCUT2D eigenvalue weighted by Gasteiger charge is -1.98. The van der Waals surface area contributed by atoms with E-state index in [0.717, 1.165) is 19.3 Å². The maximum absolute atomic E-state index is 10.9. The molecule has 0 amide bonds. The second-order valence-electron chi connectivity index (χ2n) is 2.89. The third-order valence-electron chi connectivity index (χ3n) is 1.63. The average Bonchev–Trinajstić information content (AvgIpc) is 2.03. The zero-order valence-corrected chi connectivity index (χ0v) is 8.60. The predicted molar refractivity (Wildman–Crippen MR) is 50.8 cm³/mol. The highest BCUT2D eigenvalue weighted by Crippen LogP contribution is 2.05. The van der Waals surface area contributed by atoms with Crippen molar-refractivity contribution in [2.75, 3.05) is 13.7 Å². The maximum atomic E-state index is 10.9. The van der Waals surface area contributed by atoms with Crippen molar-refractivity contribution in [1.29, 1.82) is 0 Å². The second-order valence-corrected chi connectivity index (χ2v) is 3.31. The van der Waals surface area contributed by atoms with Crippen LogP contribution in [0.2, 0.25) is 0 Å². The standard InChI is InChI=1S/C9H15ClO3/c1-13-7-8(11)5-3-2-4-6-9(10)12/h2-7H2,1H3. The minimum Gasteiger partial charge on any atom is -0.377 e. The van der Waals surface area contributed by atoms with Gasteiger partial charge in [0.15, 0.2) is 5.78 Å². The van der Waals surface area contributed by atoms with Crippen LogP contribution in [-0.4, -0.2) is 24.7 Å². The minimum atomic E-state index is -0.303. The molecular weight excluding hydrogens is 192 g/mol. The van der Waals surface area contributed by atoms with Gasteiger partial charge in [-0.3, -0.25) is 9.59 Å². The first kappa shape index (κ1) is 12.6. The molecule has 0 aliphatic heterocycles. The Hall–Kier alpha value is -0.410. The number of carbonyl (C=O) groups is 2. The van der Waals surface area contributed by atoms with Gasteiger partial charge in [-0.05, 0) is 24.4 Å². The zero-order valence-electron chi connectivity index (χ0n) is 7.85. The quantitative estimate of drug-likeness (QED) is 0.450. The van der Waals surface area contributed by atoms with E-state index in [-0.39, 0.29) is 17.6 Å². The molecule has 0 spiro atoms. The van der Waals surface area contributed by atoms with Crippen molar-refractivity contribution >= 4 is 22.6 Å². The van der Waals surface area contributed by atoms with Crippen LogP contribution in [0.4, 0.5) is 0 Å². The number of unbranched alkanes of at least 4 members (excludes halogenated alkanes) is 2. The van der Waals surface area contributed by atoms with Gasteiger partial charge in [0.2, 0.25) is 5.24 Å². The fraction of sp³-hybridized carbons (Fsp3) is 0.778. The molecule has 0 aromatic rings. The molecule has 0 fully saturated rings. The highest BCUT2D eigenvalue weighted by Gasteiger charge is 2.01. The van der Waals surface area contributed by atoms with Crippen molar-refractivity contribution in [2.24, 2.45) is 0 Å². The van der Waals surface area contributed by atoms with Gasteiger partial charge >= 0.3 is 0 Å². The molecule has 0 N–H and O–H groups in total. The molecule has 0 heterocycles. The smallest absolute Gasteiger partial charge is 0.221 e. The van der Waals surface area contributed by atoms with E-state index >= 15 is 0 Å². The van der Waals surface area contributed by atoms with Gasteiger partial charge in [0, 0.05) is 20.0 Å². The van der Waals surface area contributed by atoms with Gasteiger partial charge in [-0.1, -0.05) is 6.42 Å². The van der Waals surface area contributed by atoms with Crippen LogP contribution in [0, 0.1) is 0 Å². The zero-order chi connectivity index (χ0) is 10.1. The molecule has 13 heavy (non-hydrogen) atoms. The van der Waals surface area contributed by atoms with Crippen LogP contribution in [0.3, 0.4) is 0 Å². The highest BCUT2D eigenvalue weighted by atomic mass is 35.5. The van der Waals surface area contributed by atoms with Crippen LogP contribution in [0.15, 0.2) is 0 Å². The summed E-state index contributed by atoms with van der Waals surface area (Å²) in [5.74, 6) is 0.111. The Balaban J connectivity index is 3.16. The molecular formula is C9H15ClO3. The monoisotopic (exact) mass is 206 g/mol. The third-order valence-corrected chi connectivity index (χ3v) is 1.82. The fourth-order valence-electron chi connectivity index (χ4n) is 0.996. The Morgan fingerprint density at radius 2 is 1.77 bits per heavy atom. The number of carbonyl (C=O) groups excluding carboxylic acids is 2. The topological polar surface area (TPSA) is 43.4 Å². The van der Waals surface area contributed by atoms with Crippen LogP contribution in [0.5, 0.6) is 0 Å². The molecule has 4 heteroatoms. The lowest BCUT2D eigenvalue weighted by Crippen LogP contribution is -2.05. The van der Waals surface area contributed by atoms with E-state index in [0.29, 0.717) is 12.8 Å². The predicted octanol–water partition coefficient (Wildman–Crippen LogP) is 1.92. The lowest BCUT2D eigenvalue weighted by atomic mass is 10.1. The Bertz CT molecular complexity index is 168. The summed E-state index contributed by atoms with van der Waals surface area (Å²) in [5, 5.41) is -0.303. The van der Waals surface area contributed by atoms with Gasteiger partial charge in [0.25, 0.3) is 0 Å². The highest BCUT2D eigenvalue weighted by molar-refractivity contribution is 6.63. The van der Waals surface area contributed by atoms with Crippen LogP contribution in [0.25, 0.3) is 0 Å².